The smallest absolute Gasteiger partial charge is 0.294 e. The van der Waals surface area contributed by atoms with Crippen molar-refractivity contribution in [1.82, 2.24) is 10.2 Å². The number of rotatable bonds is 12. The standard InChI is InChI=1S/C20H28IN3O7/c1-13(31-24(28)29)9-18(27)22-12-20(2,21)23(3)10-15(25)11-30-17-6-4-5-14-7-8-16(26)19(14)17/h4-6,13,15,25H,7-12H2,1-3H3,(H,22,27). The van der Waals surface area contributed by atoms with Crippen LogP contribution in [0.25, 0.3) is 0 Å². The number of ether oxygens (including phenoxy) is 1. The van der Waals surface area contributed by atoms with Crippen LogP contribution in [0.5, 0.6) is 5.75 Å². The SMILES string of the molecule is CC(CC(=O)NCC(C)(I)N(C)CC(O)COc1cccc2c1C(=O)CC2)O[N+](=O)[O-]. The Bertz CT molecular complexity index is 818. The molecule has 0 bridgehead atoms. The number of ketones is 1. The Balaban J connectivity index is 1.80. The molecule has 1 aromatic rings. The van der Waals surface area contributed by atoms with Gasteiger partial charge in [0.15, 0.2) is 5.78 Å². The molecule has 1 aliphatic carbocycles. The third kappa shape index (κ3) is 7.58. The van der Waals surface area contributed by atoms with E-state index in [0.717, 1.165) is 5.56 Å². The fraction of sp³-hybridized carbons (Fsp3) is 0.600. The molecule has 1 aromatic carbocycles. The number of halogens is 1. The first-order valence-corrected chi connectivity index (χ1v) is 11.0. The highest BCUT2D eigenvalue weighted by Gasteiger charge is 2.29. The number of aliphatic hydroxyl groups excluding tert-OH is 1. The van der Waals surface area contributed by atoms with Gasteiger partial charge in [-0.2, -0.15) is 0 Å². The van der Waals surface area contributed by atoms with Gasteiger partial charge in [-0.15, -0.1) is 10.1 Å². The average Bonchev–Trinajstić information content (AvgIpc) is 3.06. The summed E-state index contributed by atoms with van der Waals surface area (Å²) in [5.74, 6) is 0.195. The van der Waals surface area contributed by atoms with E-state index in [-0.39, 0.29) is 37.8 Å². The summed E-state index contributed by atoms with van der Waals surface area (Å²) in [7, 11) is 1.81. The molecule has 0 aliphatic heterocycles. The Morgan fingerprint density at radius 3 is 2.84 bits per heavy atom. The molecule has 2 N–H and O–H groups in total. The first-order valence-electron chi connectivity index (χ1n) is 9.93. The van der Waals surface area contributed by atoms with Crippen molar-refractivity contribution >= 4 is 34.3 Å². The van der Waals surface area contributed by atoms with Crippen LogP contribution in [-0.2, 0) is 16.1 Å². The number of nitrogens with one attached hydrogen (secondary N) is 1. The van der Waals surface area contributed by atoms with Crippen LogP contribution < -0.4 is 10.1 Å². The van der Waals surface area contributed by atoms with E-state index < -0.39 is 20.8 Å². The molecule has 11 heteroatoms. The number of likely N-dealkylation sites (N-methyl/N-ethyl adjacent to an activating group) is 1. The van der Waals surface area contributed by atoms with Crippen LogP contribution in [0.3, 0.4) is 0 Å². The number of carbonyl (C=O) groups excluding carboxylic acids is 2. The van der Waals surface area contributed by atoms with Gasteiger partial charge in [-0.05, 0) is 38.9 Å². The van der Waals surface area contributed by atoms with Crippen molar-refractivity contribution in [2.75, 3.05) is 26.7 Å². The van der Waals surface area contributed by atoms with Crippen molar-refractivity contribution in [1.29, 1.82) is 0 Å². The fourth-order valence-electron chi connectivity index (χ4n) is 3.25. The highest BCUT2D eigenvalue weighted by molar-refractivity contribution is 14.1. The third-order valence-electron chi connectivity index (χ3n) is 5.07. The molecule has 2 rings (SSSR count). The molecular formula is C20H28IN3O7. The van der Waals surface area contributed by atoms with Gasteiger partial charge in [0.2, 0.25) is 5.91 Å². The van der Waals surface area contributed by atoms with E-state index in [0.29, 0.717) is 24.2 Å². The van der Waals surface area contributed by atoms with E-state index in [2.05, 4.69) is 32.7 Å². The first kappa shape index (κ1) is 25.3. The highest BCUT2D eigenvalue weighted by atomic mass is 127. The maximum absolute atomic E-state index is 12.1. The molecular weight excluding hydrogens is 521 g/mol. The zero-order valence-corrected chi connectivity index (χ0v) is 20.0. The summed E-state index contributed by atoms with van der Waals surface area (Å²) in [5.41, 5.74) is 1.59. The lowest BCUT2D eigenvalue weighted by Crippen LogP contribution is -2.50. The largest absolute Gasteiger partial charge is 0.490 e. The van der Waals surface area contributed by atoms with Gasteiger partial charge in [0.25, 0.3) is 5.09 Å². The number of hydrogen-bond donors (Lipinski definition) is 2. The zero-order chi connectivity index (χ0) is 23.2. The van der Waals surface area contributed by atoms with E-state index in [1.165, 1.54) is 6.92 Å². The molecule has 0 heterocycles. The second-order valence-corrected chi connectivity index (χ2v) is 10.1. The van der Waals surface area contributed by atoms with Gasteiger partial charge in [-0.1, -0.05) is 34.7 Å². The second kappa shape index (κ2) is 11.0. The maximum Gasteiger partial charge on any atom is 0.294 e. The Kier molecular flexibility index (Phi) is 9.01. The van der Waals surface area contributed by atoms with Crippen molar-refractivity contribution in [3.8, 4) is 5.75 Å². The van der Waals surface area contributed by atoms with Crippen molar-refractivity contribution in [3.05, 3.63) is 39.4 Å². The van der Waals surface area contributed by atoms with Crippen LogP contribution in [-0.4, -0.2) is 69.3 Å². The molecule has 3 unspecified atom stereocenters. The fourth-order valence-corrected chi connectivity index (χ4v) is 3.64. The molecule has 1 amide bonds. The summed E-state index contributed by atoms with van der Waals surface area (Å²) in [6.45, 7) is 3.91. The van der Waals surface area contributed by atoms with Gasteiger partial charge in [0.05, 0.1) is 15.5 Å². The van der Waals surface area contributed by atoms with Gasteiger partial charge in [-0.3, -0.25) is 14.5 Å². The minimum atomic E-state index is -0.919. The van der Waals surface area contributed by atoms with Gasteiger partial charge < -0.3 is 20.0 Å². The second-order valence-electron chi connectivity index (χ2n) is 7.82. The first-order chi connectivity index (χ1) is 14.5. The van der Waals surface area contributed by atoms with Crippen molar-refractivity contribution < 1.29 is 29.4 Å². The average molecular weight is 549 g/mol. The quantitative estimate of drug-likeness (QED) is 0.133. The van der Waals surface area contributed by atoms with Crippen LogP contribution in [0, 0.1) is 10.1 Å². The molecule has 0 spiro atoms. The van der Waals surface area contributed by atoms with Crippen LogP contribution >= 0.6 is 22.6 Å². The predicted octanol–water partition coefficient (Wildman–Crippen LogP) is 1.74. The van der Waals surface area contributed by atoms with Crippen LogP contribution in [0.1, 0.15) is 42.6 Å². The summed E-state index contributed by atoms with van der Waals surface area (Å²) in [4.78, 5) is 40.5. The molecule has 0 saturated heterocycles. The van der Waals surface area contributed by atoms with Crippen LogP contribution in [0.15, 0.2) is 18.2 Å². The minimum absolute atomic E-state index is 0.0307. The topological polar surface area (TPSA) is 131 Å². The summed E-state index contributed by atoms with van der Waals surface area (Å²) in [6, 6.07) is 5.49. The van der Waals surface area contributed by atoms with Crippen molar-refractivity contribution in [2.24, 2.45) is 0 Å². The number of Topliss-reactive ketones (excluding diaryl/α,β-unsaturated/α-hetero) is 1. The Morgan fingerprint density at radius 2 is 2.16 bits per heavy atom. The number of benzene rings is 1. The zero-order valence-electron chi connectivity index (χ0n) is 17.8. The Hall–Kier alpha value is -1.99. The number of amides is 1. The summed E-state index contributed by atoms with van der Waals surface area (Å²) < 4.78 is 5.21. The van der Waals surface area contributed by atoms with Crippen molar-refractivity contribution in [3.63, 3.8) is 0 Å². The molecule has 1 aliphatic rings. The molecule has 0 saturated carbocycles. The minimum Gasteiger partial charge on any atom is -0.490 e. The van der Waals surface area contributed by atoms with E-state index in [4.69, 9.17) is 4.74 Å². The molecule has 0 fully saturated rings. The Morgan fingerprint density at radius 1 is 1.45 bits per heavy atom. The number of aliphatic hydroxyl groups is 1. The lowest BCUT2D eigenvalue weighted by atomic mass is 10.1. The third-order valence-corrected chi connectivity index (χ3v) is 6.28. The highest BCUT2D eigenvalue weighted by Crippen LogP contribution is 2.30. The molecule has 31 heavy (non-hydrogen) atoms. The van der Waals surface area contributed by atoms with E-state index in [1.807, 2.05) is 31.0 Å². The van der Waals surface area contributed by atoms with E-state index in [1.54, 1.807) is 6.07 Å². The number of aryl methyl sites for hydroxylation is 1. The summed E-state index contributed by atoms with van der Waals surface area (Å²) >= 11 is 2.16. The normalized spacial score (nSPS) is 16.9. The Labute approximate surface area is 194 Å². The lowest BCUT2D eigenvalue weighted by Gasteiger charge is -2.35. The molecule has 0 radical (unpaired) electrons. The number of alkyl halides is 1. The summed E-state index contributed by atoms with van der Waals surface area (Å²) in [6.07, 6.45) is -0.577. The van der Waals surface area contributed by atoms with Gasteiger partial charge in [0, 0.05) is 19.5 Å². The monoisotopic (exact) mass is 549 g/mol. The number of hydrogen-bond acceptors (Lipinski definition) is 8. The van der Waals surface area contributed by atoms with Crippen LogP contribution in [0.2, 0.25) is 0 Å². The molecule has 3 atom stereocenters. The number of fused-ring (bicyclic) bond motifs is 1. The maximum atomic E-state index is 12.1. The number of carbonyl (C=O) groups is 2. The van der Waals surface area contributed by atoms with Gasteiger partial charge in [0.1, 0.15) is 24.6 Å². The summed E-state index contributed by atoms with van der Waals surface area (Å²) in [5, 5.41) is 22.5. The van der Waals surface area contributed by atoms with E-state index in [9.17, 15) is 24.8 Å². The molecule has 10 nitrogen and oxygen atoms in total. The van der Waals surface area contributed by atoms with Gasteiger partial charge in [-0.25, -0.2) is 0 Å². The van der Waals surface area contributed by atoms with Gasteiger partial charge >= 0.3 is 0 Å². The van der Waals surface area contributed by atoms with Crippen molar-refractivity contribution in [2.45, 2.75) is 48.9 Å². The number of nitrogens with zero attached hydrogens (tertiary/aromatic N) is 2. The van der Waals surface area contributed by atoms with E-state index >= 15 is 0 Å². The molecule has 0 aromatic heterocycles. The van der Waals surface area contributed by atoms with Crippen LogP contribution in [0.4, 0.5) is 0 Å². The molecule has 172 valence electrons. The lowest BCUT2D eigenvalue weighted by molar-refractivity contribution is -0.767. The predicted molar refractivity (Wildman–Crippen MR) is 121 cm³/mol.